The third-order valence-corrected chi connectivity index (χ3v) is 4.49. The zero-order valence-electron chi connectivity index (χ0n) is 16.6. The van der Waals surface area contributed by atoms with Crippen LogP contribution in [0.15, 0.2) is 71.9 Å². The Labute approximate surface area is 176 Å². The van der Waals surface area contributed by atoms with Gasteiger partial charge in [0, 0.05) is 30.3 Å². The molecule has 8 heteroatoms. The number of hydrogen-bond donors (Lipinski definition) is 0. The summed E-state index contributed by atoms with van der Waals surface area (Å²) in [6.45, 7) is 2.41. The van der Waals surface area contributed by atoms with Gasteiger partial charge >= 0.3 is 0 Å². The molecule has 2 aromatic heterocycles. The van der Waals surface area contributed by atoms with Crippen LogP contribution in [0.3, 0.4) is 0 Å². The predicted molar refractivity (Wildman–Crippen MR) is 111 cm³/mol. The largest absolute Gasteiger partial charge is 0.491 e. The van der Waals surface area contributed by atoms with E-state index in [1.165, 1.54) is 16.9 Å². The van der Waals surface area contributed by atoms with E-state index in [9.17, 15) is 13.6 Å². The first kappa shape index (κ1) is 20.3. The van der Waals surface area contributed by atoms with Crippen molar-refractivity contribution in [2.45, 2.75) is 13.3 Å². The van der Waals surface area contributed by atoms with Crippen molar-refractivity contribution in [1.29, 1.82) is 0 Å². The lowest BCUT2D eigenvalue weighted by Gasteiger charge is -2.09. The Balaban J connectivity index is 1.62. The summed E-state index contributed by atoms with van der Waals surface area (Å²) >= 11 is 0. The van der Waals surface area contributed by atoms with E-state index in [1.54, 1.807) is 12.4 Å². The third kappa shape index (κ3) is 4.80. The Morgan fingerprint density at radius 3 is 2.45 bits per heavy atom. The van der Waals surface area contributed by atoms with Crippen molar-refractivity contribution in [2.75, 3.05) is 6.61 Å². The van der Waals surface area contributed by atoms with Crippen molar-refractivity contribution in [3.8, 4) is 22.8 Å². The number of rotatable bonds is 6. The van der Waals surface area contributed by atoms with Crippen molar-refractivity contribution < 1.29 is 13.5 Å². The summed E-state index contributed by atoms with van der Waals surface area (Å²) in [6, 6.07) is 11.8. The van der Waals surface area contributed by atoms with Gasteiger partial charge in [0.2, 0.25) is 5.43 Å². The molecule has 0 spiro atoms. The van der Waals surface area contributed by atoms with E-state index in [1.807, 2.05) is 31.2 Å². The molecule has 0 fully saturated rings. The van der Waals surface area contributed by atoms with Crippen molar-refractivity contribution >= 4 is 0 Å². The van der Waals surface area contributed by atoms with E-state index in [4.69, 9.17) is 4.74 Å². The molecule has 4 rings (SSSR count). The lowest BCUT2D eigenvalue weighted by atomic mass is 10.1. The van der Waals surface area contributed by atoms with Crippen LogP contribution in [-0.4, -0.2) is 26.4 Å². The summed E-state index contributed by atoms with van der Waals surface area (Å²) in [7, 11) is 0. The fourth-order valence-electron chi connectivity index (χ4n) is 3.11. The fourth-order valence-corrected chi connectivity index (χ4v) is 3.11. The molecule has 0 N–H and O–H groups in total. The Bertz CT molecular complexity index is 1250. The molecule has 0 amide bonds. The second-order valence-corrected chi connectivity index (χ2v) is 6.75. The summed E-state index contributed by atoms with van der Waals surface area (Å²) in [5, 5.41) is 4.28. The molecule has 0 atom stereocenters. The van der Waals surface area contributed by atoms with Gasteiger partial charge in [-0.05, 0) is 30.7 Å². The molecule has 0 aliphatic rings. The quantitative estimate of drug-likeness (QED) is 0.472. The van der Waals surface area contributed by atoms with Gasteiger partial charge in [0.1, 0.15) is 17.3 Å². The lowest BCUT2D eigenvalue weighted by Crippen LogP contribution is -2.16. The normalized spacial score (nSPS) is 10.8. The first-order chi connectivity index (χ1) is 15.0. The van der Waals surface area contributed by atoms with E-state index in [-0.39, 0.29) is 23.2 Å². The van der Waals surface area contributed by atoms with Crippen LogP contribution in [0.5, 0.6) is 5.75 Å². The van der Waals surface area contributed by atoms with Crippen LogP contribution in [-0.2, 0) is 6.42 Å². The van der Waals surface area contributed by atoms with Gasteiger partial charge in [-0.25, -0.2) is 23.4 Å². The van der Waals surface area contributed by atoms with Crippen LogP contribution >= 0.6 is 0 Å². The van der Waals surface area contributed by atoms with Gasteiger partial charge < -0.3 is 4.74 Å². The number of halogens is 2. The average Bonchev–Trinajstić information content (AvgIpc) is 2.76. The van der Waals surface area contributed by atoms with E-state index >= 15 is 0 Å². The van der Waals surface area contributed by atoms with E-state index in [0.29, 0.717) is 18.2 Å². The molecule has 6 nitrogen and oxygen atoms in total. The molecular weight excluding hydrogens is 402 g/mol. The predicted octanol–water partition coefficient (Wildman–Crippen LogP) is 3.96. The monoisotopic (exact) mass is 420 g/mol. The molecule has 0 radical (unpaired) electrons. The molecule has 2 heterocycles. The highest BCUT2D eigenvalue weighted by Gasteiger charge is 2.09. The minimum Gasteiger partial charge on any atom is -0.491 e. The molecule has 0 unspecified atom stereocenters. The van der Waals surface area contributed by atoms with E-state index in [2.05, 4.69) is 15.1 Å². The highest BCUT2D eigenvalue weighted by Crippen LogP contribution is 2.19. The van der Waals surface area contributed by atoms with Crippen LogP contribution in [0, 0.1) is 11.6 Å². The Hall–Kier alpha value is -3.94. The van der Waals surface area contributed by atoms with Gasteiger partial charge in [0.05, 0.1) is 24.7 Å². The van der Waals surface area contributed by atoms with Gasteiger partial charge in [0.15, 0.2) is 11.6 Å². The first-order valence-corrected chi connectivity index (χ1v) is 9.61. The van der Waals surface area contributed by atoms with Gasteiger partial charge in [0.25, 0.3) is 0 Å². The second kappa shape index (κ2) is 8.83. The Morgan fingerprint density at radius 2 is 1.74 bits per heavy atom. The SMILES string of the molecule is CCOc1cnc(-c2cccc(Cc3nn(-c4cc(F)cc(F)c4)ccc3=O)c2)nc1. The number of hydrogen-bond acceptors (Lipinski definition) is 5. The standard InChI is InChI=1S/C23H18F2N4O2/c1-2-31-20-13-26-23(27-14-20)16-5-3-4-15(8-16)9-21-22(30)6-7-29(28-21)19-11-17(24)10-18(25)12-19/h3-8,10-14H,2,9H2,1H3. The van der Waals surface area contributed by atoms with Gasteiger partial charge in [-0.15, -0.1) is 0 Å². The number of benzene rings is 2. The zero-order chi connectivity index (χ0) is 21.8. The molecule has 0 aliphatic heterocycles. The van der Waals surface area contributed by atoms with Gasteiger partial charge in [-0.1, -0.05) is 18.2 Å². The molecule has 0 saturated carbocycles. The molecule has 0 aliphatic carbocycles. The van der Waals surface area contributed by atoms with E-state index < -0.39 is 11.6 Å². The second-order valence-electron chi connectivity index (χ2n) is 6.75. The topological polar surface area (TPSA) is 69.9 Å². The van der Waals surface area contributed by atoms with Crippen molar-refractivity contribution in [3.63, 3.8) is 0 Å². The molecule has 156 valence electrons. The maximum Gasteiger partial charge on any atom is 0.203 e. The van der Waals surface area contributed by atoms with Crippen molar-refractivity contribution in [1.82, 2.24) is 19.7 Å². The third-order valence-electron chi connectivity index (χ3n) is 4.49. The molecule has 2 aromatic carbocycles. The number of aromatic nitrogens is 4. The van der Waals surface area contributed by atoms with Crippen LogP contribution in [0.25, 0.3) is 17.1 Å². The minimum atomic E-state index is -0.722. The summed E-state index contributed by atoms with van der Waals surface area (Å²) < 4.78 is 33.7. The van der Waals surface area contributed by atoms with Gasteiger partial charge in [-0.3, -0.25) is 4.79 Å². The summed E-state index contributed by atoms with van der Waals surface area (Å²) in [5.74, 6) is -0.329. The van der Waals surface area contributed by atoms with Crippen LogP contribution < -0.4 is 10.2 Å². The smallest absolute Gasteiger partial charge is 0.203 e. The van der Waals surface area contributed by atoms with Crippen LogP contribution in [0.2, 0.25) is 0 Å². The average molecular weight is 420 g/mol. The van der Waals surface area contributed by atoms with Crippen molar-refractivity contribution in [3.05, 3.63) is 100 Å². The number of ether oxygens (including phenoxy) is 1. The lowest BCUT2D eigenvalue weighted by molar-refractivity contribution is 0.337. The zero-order valence-corrected chi connectivity index (χ0v) is 16.6. The Kier molecular flexibility index (Phi) is 5.79. The first-order valence-electron chi connectivity index (χ1n) is 9.61. The summed E-state index contributed by atoms with van der Waals surface area (Å²) in [6.07, 6.45) is 4.83. The Morgan fingerprint density at radius 1 is 1.00 bits per heavy atom. The maximum absolute atomic E-state index is 13.6. The molecule has 4 aromatic rings. The minimum absolute atomic E-state index is 0.190. The highest BCUT2D eigenvalue weighted by molar-refractivity contribution is 5.56. The summed E-state index contributed by atoms with van der Waals surface area (Å²) in [4.78, 5) is 21.0. The van der Waals surface area contributed by atoms with Crippen LogP contribution in [0.4, 0.5) is 8.78 Å². The van der Waals surface area contributed by atoms with Gasteiger partial charge in [-0.2, -0.15) is 5.10 Å². The number of nitrogens with zero attached hydrogens (tertiary/aromatic N) is 4. The molecule has 0 saturated heterocycles. The molecular formula is C23H18F2N4O2. The maximum atomic E-state index is 13.6. The van der Waals surface area contributed by atoms with Crippen molar-refractivity contribution in [2.24, 2.45) is 0 Å². The molecule has 31 heavy (non-hydrogen) atoms. The summed E-state index contributed by atoms with van der Waals surface area (Å²) in [5.41, 5.74) is 1.77. The highest BCUT2D eigenvalue weighted by atomic mass is 19.1. The van der Waals surface area contributed by atoms with E-state index in [0.717, 1.165) is 29.3 Å². The van der Waals surface area contributed by atoms with Crippen LogP contribution in [0.1, 0.15) is 18.2 Å². The molecule has 0 bridgehead atoms. The fraction of sp³-hybridized carbons (Fsp3) is 0.130.